The molecule has 0 aliphatic carbocycles. The summed E-state index contributed by atoms with van der Waals surface area (Å²) in [4.78, 5) is 0. The Labute approximate surface area is 128 Å². The fourth-order valence-electron chi connectivity index (χ4n) is 2.14. The first kappa shape index (κ1) is 17.8. The topological polar surface area (TPSA) is 35.5 Å². The van der Waals surface area contributed by atoms with E-state index in [1.54, 1.807) is 0 Å². The number of hydrogen-bond acceptors (Lipinski definition) is 4. The van der Waals surface area contributed by atoms with Crippen molar-refractivity contribution in [2.45, 2.75) is 38.8 Å². The molecule has 0 saturated carbocycles. The molecule has 1 aromatic rings. The Balaban J connectivity index is 2.54. The van der Waals surface area contributed by atoms with Crippen LogP contribution in [0.1, 0.15) is 32.3 Å². The zero-order valence-electron chi connectivity index (χ0n) is 12.3. The van der Waals surface area contributed by atoms with Crippen molar-refractivity contribution in [3.63, 3.8) is 0 Å². The second-order valence-electron chi connectivity index (χ2n) is 4.59. The lowest BCUT2D eigenvalue weighted by Crippen LogP contribution is -2.15. The van der Waals surface area contributed by atoms with Crippen LogP contribution in [0.4, 0.5) is 0 Å². The van der Waals surface area contributed by atoms with Gasteiger partial charge >= 0.3 is 7.60 Å². The van der Waals surface area contributed by atoms with Crippen LogP contribution in [0.25, 0.3) is 0 Å². The van der Waals surface area contributed by atoms with E-state index >= 15 is 0 Å². The molecular weight excluding hydrogens is 291 g/mol. The molecule has 0 saturated heterocycles. The van der Waals surface area contributed by atoms with Crippen LogP contribution in [-0.2, 0) is 20.0 Å². The lowest BCUT2D eigenvalue weighted by molar-refractivity contribution is 0.212. The molecule has 0 amide bonds. The molecule has 0 fully saturated rings. The Bertz CT molecular complexity index is 401. The Morgan fingerprint density at radius 1 is 1.15 bits per heavy atom. The maximum Gasteiger partial charge on any atom is 0.334 e. The molecule has 3 nitrogen and oxygen atoms in total. The molecule has 114 valence electrons. The summed E-state index contributed by atoms with van der Waals surface area (Å²) < 4.78 is 23.5. The Morgan fingerprint density at radius 2 is 1.75 bits per heavy atom. The molecule has 0 aliphatic heterocycles. The lowest BCUT2D eigenvalue weighted by atomic mass is 10.1. The van der Waals surface area contributed by atoms with Gasteiger partial charge in [0.05, 0.1) is 18.9 Å². The standard InChI is InChI=1S/C15H25O3PS/c1-3-17-19(16,18-4-2)15(13-20)12-8-11-14-9-6-5-7-10-14/h5-7,9-10,15,20H,3-4,8,11-13H2,1-2H3/t15-/m1/s1. The van der Waals surface area contributed by atoms with Gasteiger partial charge in [0.25, 0.3) is 0 Å². The minimum Gasteiger partial charge on any atom is -0.309 e. The van der Waals surface area contributed by atoms with E-state index < -0.39 is 7.60 Å². The van der Waals surface area contributed by atoms with Gasteiger partial charge in [0.2, 0.25) is 0 Å². The molecule has 1 rings (SSSR count). The molecule has 0 spiro atoms. The minimum atomic E-state index is -3.03. The SMILES string of the molecule is CCOP(=O)(OCC)[C@@H](CS)CCCc1ccccc1. The Kier molecular flexibility index (Phi) is 8.55. The van der Waals surface area contributed by atoms with Crippen LogP contribution in [0.15, 0.2) is 30.3 Å². The highest BCUT2D eigenvalue weighted by molar-refractivity contribution is 7.80. The van der Waals surface area contributed by atoms with Gasteiger partial charge in [-0.25, -0.2) is 0 Å². The van der Waals surface area contributed by atoms with Gasteiger partial charge in [-0.3, -0.25) is 4.57 Å². The van der Waals surface area contributed by atoms with Gasteiger partial charge in [-0.05, 0) is 38.7 Å². The summed E-state index contributed by atoms with van der Waals surface area (Å²) in [6.07, 6.45) is 2.73. The molecule has 0 aromatic heterocycles. The van der Waals surface area contributed by atoms with Gasteiger partial charge in [-0.1, -0.05) is 30.3 Å². The molecule has 20 heavy (non-hydrogen) atoms. The Hall–Kier alpha value is -0.280. The average Bonchev–Trinajstić information content (AvgIpc) is 2.45. The first-order valence-electron chi connectivity index (χ1n) is 7.19. The van der Waals surface area contributed by atoms with E-state index in [9.17, 15) is 4.57 Å². The minimum absolute atomic E-state index is 0.130. The molecule has 1 aromatic carbocycles. The largest absolute Gasteiger partial charge is 0.334 e. The quantitative estimate of drug-likeness (QED) is 0.507. The molecule has 0 unspecified atom stereocenters. The molecule has 0 heterocycles. The predicted molar refractivity (Wildman–Crippen MR) is 87.9 cm³/mol. The van der Waals surface area contributed by atoms with Gasteiger partial charge in [-0.2, -0.15) is 12.6 Å². The van der Waals surface area contributed by atoms with E-state index in [1.165, 1.54) is 5.56 Å². The van der Waals surface area contributed by atoms with E-state index in [0.717, 1.165) is 19.3 Å². The molecule has 0 N–H and O–H groups in total. The van der Waals surface area contributed by atoms with Crippen LogP contribution in [0.5, 0.6) is 0 Å². The average molecular weight is 316 g/mol. The fourth-order valence-corrected chi connectivity index (χ4v) is 4.84. The predicted octanol–water partition coefficient (Wildman–Crippen LogP) is 4.57. The second-order valence-corrected chi connectivity index (χ2v) is 7.28. The van der Waals surface area contributed by atoms with Crippen molar-refractivity contribution in [3.8, 4) is 0 Å². The summed E-state index contributed by atoms with van der Waals surface area (Å²) in [6.45, 7) is 4.48. The third-order valence-electron chi connectivity index (χ3n) is 3.12. The fraction of sp³-hybridized carbons (Fsp3) is 0.600. The van der Waals surface area contributed by atoms with Crippen molar-refractivity contribution in [2.75, 3.05) is 19.0 Å². The van der Waals surface area contributed by atoms with Crippen LogP contribution < -0.4 is 0 Å². The van der Waals surface area contributed by atoms with E-state index in [4.69, 9.17) is 9.05 Å². The molecule has 0 radical (unpaired) electrons. The van der Waals surface area contributed by atoms with Crippen LogP contribution >= 0.6 is 20.2 Å². The summed E-state index contributed by atoms with van der Waals surface area (Å²) >= 11 is 4.32. The highest BCUT2D eigenvalue weighted by Gasteiger charge is 2.33. The van der Waals surface area contributed by atoms with E-state index in [1.807, 2.05) is 32.0 Å². The highest BCUT2D eigenvalue weighted by Crippen LogP contribution is 2.54. The van der Waals surface area contributed by atoms with Crippen LogP contribution in [0.3, 0.4) is 0 Å². The first-order valence-corrected chi connectivity index (χ1v) is 9.44. The normalized spacial score (nSPS) is 13.3. The van der Waals surface area contributed by atoms with Crippen molar-refractivity contribution in [3.05, 3.63) is 35.9 Å². The third-order valence-corrected chi connectivity index (χ3v) is 6.42. The molecule has 0 aliphatic rings. The summed E-state index contributed by atoms with van der Waals surface area (Å²) in [7, 11) is -3.03. The van der Waals surface area contributed by atoms with Crippen LogP contribution in [0.2, 0.25) is 0 Å². The van der Waals surface area contributed by atoms with E-state index in [2.05, 4.69) is 24.8 Å². The van der Waals surface area contributed by atoms with Crippen LogP contribution in [0, 0.1) is 0 Å². The maximum absolute atomic E-state index is 12.7. The van der Waals surface area contributed by atoms with E-state index in [0.29, 0.717) is 19.0 Å². The molecule has 0 bridgehead atoms. The van der Waals surface area contributed by atoms with Gasteiger partial charge in [0, 0.05) is 5.75 Å². The second kappa shape index (κ2) is 9.62. The van der Waals surface area contributed by atoms with E-state index in [-0.39, 0.29) is 5.66 Å². The lowest BCUT2D eigenvalue weighted by Gasteiger charge is -2.25. The monoisotopic (exact) mass is 316 g/mol. The number of hydrogen-bond donors (Lipinski definition) is 1. The van der Waals surface area contributed by atoms with Crippen molar-refractivity contribution in [1.29, 1.82) is 0 Å². The van der Waals surface area contributed by atoms with Crippen LogP contribution in [-0.4, -0.2) is 24.6 Å². The van der Waals surface area contributed by atoms with Gasteiger partial charge in [0.15, 0.2) is 0 Å². The zero-order valence-corrected chi connectivity index (χ0v) is 14.1. The third kappa shape index (κ3) is 5.61. The van der Waals surface area contributed by atoms with Gasteiger partial charge in [0.1, 0.15) is 0 Å². The van der Waals surface area contributed by atoms with Crippen molar-refractivity contribution in [1.82, 2.24) is 0 Å². The number of aryl methyl sites for hydroxylation is 1. The van der Waals surface area contributed by atoms with Gasteiger partial charge in [-0.15, -0.1) is 0 Å². The maximum atomic E-state index is 12.7. The number of benzene rings is 1. The number of thiol groups is 1. The van der Waals surface area contributed by atoms with Crippen molar-refractivity contribution >= 4 is 20.2 Å². The summed E-state index contributed by atoms with van der Waals surface area (Å²) in [6, 6.07) is 10.3. The van der Waals surface area contributed by atoms with Crippen molar-refractivity contribution in [2.24, 2.45) is 0 Å². The molecule has 1 atom stereocenters. The van der Waals surface area contributed by atoms with Crippen molar-refractivity contribution < 1.29 is 13.6 Å². The highest BCUT2D eigenvalue weighted by atomic mass is 32.1. The molecular formula is C15H25O3PS. The first-order chi connectivity index (χ1) is 9.66. The summed E-state index contributed by atoms with van der Waals surface area (Å²) in [5.41, 5.74) is 1.17. The zero-order chi connectivity index (χ0) is 14.8. The number of rotatable bonds is 10. The summed E-state index contributed by atoms with van der Waals surface area (Å²) in [5.74, 6) is 0.520. The smallest absolute Gasteiger partial charge is 0.309 e. The Morgan fingerprint density at radius 3 is 2.25 bits per heavy atom. The van der Waals surface area contributed by atoms with Gasteiger partial charge < -0.3 is 9.05 Å². The molecule has 5 heteroatoms. The summed E-state index contributed by atoms with van der Waals surface area (Å²) in [5, 5.41) is 0.